The zero-order chi connectivity index (χ0) is 10.8. The first-order valence-electron chi connectivity index (χ1n) is 4.33. The van der Waals surface area contributed by atoms with Gasteiger partial charge < -0.3 is 5.73 Å². The number of nitrogens with one attached hydrogen (secondary N) is 1. The van der Waals surface area contributed by atoms with Crippen LogP contribution in [0.5, 0.6) is 0 Å². The van der Waals surface area contributed by atoms with Crippen LogP contribution in [0.3, 0.4) is 0 Å². The molecule has 0 aliphatic carbocycles. The van der Waals surface area contributed by atoms with Crippen LogP contribution in [0, 0.1) is 5.82 Å². The van der Waals surface area contributed by atoms with E-state index in [4.69, 9.17) is 5.73 Å². The van der Waals surface area contributed by atoms with Crippen LogP contribution in [0.1, 0.15) is 5.56 Å². The number of benzene rings is 1. The number of nitrogens with two attached hydrogens (primary N) is 1. The molecule has 0 spiro atoms. The van der Waals surface area contributed by atoms with E-state index in [-0.39, 0.29) is 12.2 Å². The minimum atomic E-state index is -0.499. The highest BCUT2D eigenvalue weighted by Gasteiger charge is 2.07. The lowest BCUT2D eigenvalue weighted by atomic mass is 10.2. The van der Waals surface area contributed by atoms with Crippen molar-refractivity contribution in [3.05, 3.63) is 46.4 Å². The largest absolute Gasteiger partial charge is 0.347 e. The number of rotatable bonds is 2. The number of nitrogens with zero attached hydrogens (tertiary/aromatic N) is 2. The Labute approximate surface area is 84.3 Å². The Morgan fingerprint density at radius 3 is 2.87 bits per heavy atom. The zero-order valence-corrected chi connectivity index (χ0v) is 7.77. The molecular formula is C9H9FN4O. The summed E-state index contributed by atoms with van der Waals surface area (Å²) < 4.78 is 14.6. The van der Waals surface area contributed by atoms with Crippen molar-refractivity contribution >= 4 is 0 Å². The quantitative estimate of drug-likeness (QED) is 0.738. The molecule has 6 heteroatoms. The summed E-state index contributed by atoms with van der Waals surface area (Å²) in [4.78, 5) is 11.2. The van der Waals surface area contributed by atoms with Crippen LogP contribution >= 0.6 is 0 Å². The summed E-state index contributed by atoms with van der Waals surface area (Å²) in [7, 11) is 0. The Hall–Kier alpha value is -1.95. The fourth-order valence-corrected chi connectivity index (χ4v) is 1.29. The van der Waals surface area contributed by atoms with E-state index >= 15 is 0 Å². The van der Waals surface area contributed by atoms with Crippen molar-refractivity contribution in [1.82, 2.24) is 14.8 Å². The maximum absolute atomic E-state index is 13.5. The van der Waals surface area contributed by atoms with E-state index in [1.165, 1.54) is 18.5 Å². The molecule has 0 fully saturated rings. The van der Waals surface area contributed by atoms with Gasteiger partial charge in [-0.15, -0.1) is 0 Å². The van der Waals surface area contributed by atoms with Crippen LogP contribution in [0.25, 0.3) is 5.69 Å². The van der Waals surface area contributed by atoms with E-state index in [1.807, 2.05) is 0 Å². The fourth-order valence-electron chi connectivity index (χ4n) is 1.29. The van der Waals surface area contributed by atoms with E-state index < -0.39 is 11.5 Å². The predicted molar refractivity (Wildman–Crippen MR) is 52.0 cm³/mol. The topological polar surface area (TPSA) is 76.7 Å². The normalized spacial score (nSPS) is 10.5. The second kappa shape index (κ2) is 3.66. The highest BCUT2D eigenvalue weighted by Crippen LogP contribution is 2.12. The molecule has 0 saturated heterocycles. The van der Waals surface area contributed by atoms with Gasteiger partial charge >= 0.3 is 5.69 Å². The third-order valence-electron chi connectivity index (χ3n) is 2.06. The third kappa shape index (κ3) is 1.66. The van der Waals surface area contributed by atoms with Gasteiger partial charge in [0.2, 0.25) is 0 Å². The summed E-state index contributed by atoms with van der Waals surface area (Å²) in [6.45, 7) is 0.261. The number of aromatic nitrogens is 3. The molecule has 1 heterocycles. The summed E-state index contributed by atoms with van der Waals surface area (Å²) in [5.74, 6) is -0.499. The number of hydrogen-bond donors (Lipinski definition) is 2. The molecule has 2 rings (SSSR count). The molecule has 0 bridgehead atoms. The summed E-state index contributed by atoms with van der Waals surface area (Å²) >= 11 is 0. The molecule has 15 heavy (non-hydrogen) atoms. The molecule has 78 valence electrons. The number of aromatic amines is 1. The van der Waals surface area contributed by atoms with Crippen molar-refractivity contribution in [3.63, 3.8) is 0 Å². The lowest BCUT2D eigenvalue weighted by Gasteiger charge is -2.03. The van der Waals surface area contributed by atoms with Gasteiger partial charge in [0.15, 0.2) is 0 Å². The molecule has 2 aromatic rings. The second-order valence-electron chi connectivity index (χ2n) is 3.02. The summed E-state index contributed by atoms with van der Waals surface area (Å²) in [5.41, 5.74) is 5.72. The van der Waals surface area contributed by atoms with Crippen molar-refractivity contribution in [2.45, 2.75) is 6.54 Å². The molecule has 0 aliphatic rings. The van der Waals surface area contributed by atoms with Gasteiger partial charge in [-0.2, -0.15) is 5.10 Å². The predicted octanol–water partition coefficient (Wildman–Crippen LogP) is 0.158. The SMILES string of the molecule is NCc1ccc(-n2cn[nH]c2=O)c(F)c1. The minimum Gasteiger partial charge on any atom is -0.326 e. The van der Waals surface area contributed by atoms with Gasteiger partial charge in [-0.05, 0) is 17.7 Å². The van der Waals surface area contributed by atoms with E-state index in [1.54, 1.807) is 6.07 Å². The van der Waals surface area contributed by atoms with Crippen LogP contribution in [0.2, 0.25) is 0 Å². The summed E-state index contributed by atoms with van der Waals surface area (Å²) in [6, 6.07) is 4.46. The molecule has 0 aliphatic heterocycles. The van der Waals surface area contributed by atoms with Gasteiger partial charge in [-0.25, -0.2) is 18.9 Å². The van der Waals surface area contributed by atoms with Crippen molar-refractivity contribution in [2.24, 2.45) is 5.73 Å². The summed E-state index contributed by atoms with van der Waals surface area (Å²) in [6.07, 6.45) is 1.23. The monoisotopic (exact) mass is 208 g/mol. The van der Waals surface area contributed by atoms with Gasteiger partial charge in [-0.1, -0.05) is 6.07 Å². The number of H-pyrrole nitrogens is 1. The number of halogens is 1. The maximum Gasteiger partial charge on any atom is 0.347 e. The fraction of sp³-hybridized carbons (Fsp3) is 0.111. The Morgan fingerprint density at radius 2 is 2.33 bits per heavy atom. The van der Waals surface area contributed by atoms with E-state index in [9.17, 15) is 9.18 Å². The maximum atomic E-state index is 13.5. The van der Waals surface area contributed by atoms with E-state index in [0.717, 1.165) is 4.57 Å². The van der Waals surface area contributed by atoms with Crippen molar-refractivity contribution < 1.29 is 4.39 Å². The third-order valence-corrected chi connectivity index (χ3v) is 2.06. The first-order valence-corrected chi connectivity index (χ1v) is 4.33. The average Bonchev–Trinajstić information content (AvgIpc) is 2.64. The summed E-state index contributed by atoms with van der Waals surface area (Å²) in [5, 5.41) is 5.70. The Bertz CT molecular complexity index is 531. The Balaban J connectivity index is 2.55. The molecule has 0 saturated carbocycles. The molecule has 5 nitrogen and oxygen atoms in total. The van der Waals surface area contributed by atoms with Crippen LogP contribution in [0.15, 0.2) is 29.3 Å². The molecule has 0 radical (unpaired) electrons. The van der Waals surface area contributed by atoms with Gasteiger partial charge in [0.05, 0.1) is 5.69 Å². The highest BCUT2D eigenvalue weighted by atomic mass is 19.1. The van der Waals surface area contributed by atoms with Crippen LogP contribution in [0.4, 0.5) is 4.39 Å². The molecule has 0 atom stereocenters. The smallest absolute Gasteiger partial charge is 0.326 e. The lowest BCUT2D eigenvalue weighted by Crippen LogP contribution is -2.15. The van der Waals surface area contributed by atoms with Crippen molar-refractivity contribution in [3.8, 4) is 5.69 Å². The number of hydrogen-bond acceptors (Lipinski definition) is 3. The van der Waals surface area contributed by atoms with Gasteiger partial charge in [-0.3, -0.25) is 0 Å². The van der Waals surface area contributed by atoms with E-state index in [2.05, 4.69) is 10.2 Å². The molecule has 1 aromatic carbocycles. The van der Waals surface area contributed by atoms with E-state index in [0.29, 0.717) is 5.56 Å². The standard InChI is InChI=1S/C9H9FN4O/c10-7-3-6(4-11)1-2-8(7)14-5-12-13-9(14)15/h1-3,5H,4,11H2,(H,13,15). The zero-order valence-electron chi connectivity index (χ0n) is 7.77. The first kappa shape index (κ1) is 9.60. The minimum absolute atomic E-state index is 0.158. The Morgan fingerprint density at radius 1 is 1.53 bits per heavy atom. The molecule has 3 N–H and O–H groups in total. The molecule has 1 aromatic heterocycles. The second-order valence-corrected chi connectivity index (χ2v) is 3.02. The average molecular weight is 208 g/mol. The lowest BCUT2D eigenvalue weighted by molar-refractivity contribution is 0.614. The highest BCUT2D eigenvalue weighted by molar-refractivity contribution is 5.35. The first-order chi connectivity index (χ1) is 7.22. The Kier molecular flexibility index (Phi) is 2.34. The molecule has 0 amide bonds. The molecule has 0 unspecified atom stereocenters. The van der Waals surface area contributed by atoms with Crippen LogP contribution in [-0.4, -0.2) is 14.8 Å². The van der Waals surface area contributed by atoms with Crippen molar-refractivity contribution in [2.75, 3.05) is 0 Å². The van der Waals surface area contributed by atoms with Crippen LogP contribution < -0.4 is 11.4 Å². The van der Waals surface area contributed by atoms with Crippen molar-refractivity contribution in [1.29, 1.82) is 0 Å². The van der Waals surface area contributed by atoms with Gasteiger partial charge in [0.1, 0.15) is 12.1 Å². The van der Waals surface area contributed by atoms with Gasteiger partial charge in [0.25, 0.3) is 0 Å². The van der Waals surface area contributed by atoms with Gasteiger partial charge in [0, 0.05) is 6.54 Å². The molecular weight excluding hydrogens is 199 g/mol. The van der Waals surface area contributed by atoms with Crippen LogP contribution in [-0.2, 0) is 6.54 Å².